The summed E-state index contributed by atoms with van der Waals surface area (Å²) in [6.45, 7) is 3.34. The first-order chi connectivity index (χ1) is 10.1. The molecule has 1 aromatic carbocycles. The van der Waals surface area contributed by atoms with Crippen molar-refractivity contribution in [2.45, 2.75) is 39.0 Å². The highest BCUT2D eigenvalue weighted by Gasteiger charge is 2.04. The van der Waals surface area contributed by atoms with Gasteiger partial charge in [0.1, 0.15) is 0 Å². The van der Waals surface area contributed by atoms with Crippen LogP contribution in [0.25, 0.3) is 0 Å². The fourth-order valence-corrected chi connectivity index (χ4v) is 2.00. The molecule has 0 aliphatic heterocycles. The van der Waals surface area contributed by atoms with E-state index in [2.05, 4.69) is 17.6 Å². The average molecular weight is 292 g/mol. The Morgan fingerprint density at radius 2 is 1.86 bits per heavy atom. The van der Waals surface area contributed by atoms with Gasteiger partial charge in [-0.25, -0.2) is 9.59 Å². The summed E-state index contributed by atoms with van der Waals surface area (Å²) >= 11 is 0. The zero-order valence-electron chi connectivity index (χ0n) is 12.5. The van der Waals surface area contributed by atoms with E-state index in [1.807, 2.05) is 6.07 Å². The summed E-state index contributed by atoms with van der Waals surface area (Å²) in [4.78, 5) is 22.4. The van der Waals surface area contributed by atoms with Crippen molar-refractivity contribution in [3.8, 4) is 0 Å². The largest absolute Gasteiger partial charge is 0.478 e. The fourth-order valence-electron chi connectivity index (χ4n) is 2.00. The van der Waals surface area contributed by atoms with Crippen molar-refractivity contribution in [3.63, 3.8) is 0 Å². The maximum atomic E-state index is 11.5. The Hall–Kier alpha value is -2.04. The molecule has 0 unspecified atom stereocenters. The van der Waals surface area contributed by atoms with Gasteiger partial charge in [-0.3, -0.25) is 0 Å². The lowest BCUT2D eigenvalue weighted by Crippen LogP contribution is -2.37. The Kier molecular flexibility index (Phi) is 7.94. The second kappa shape index (κ2) is 9.80. The van der Waals surface area contributed by atoms with Gasteiger partial charge in [-0.2, -0.15) is 0 Å². The standard InChI is InChI=1S/C16H24N2O3/c1-2-3-4-5-10-17-16(21)18-11-9-13-7-6-8-14(12-13)15(19)20/h6-8,12H,2-5,9-11H2,1H3,(H,19,20)(H2,17,18,21). The highest BCUT2D eigenvalue weighted by atomic mass is 16.4. The Morgan fingerprint density at radius 1 is 1.10 bits per heavy atom. The molecule has 2 amide bonds. The summed E-state index contributed by atoms with van der Waals surface area (Å²) in [5.74, 6) is -0.936. The van der Waals surface area contributed by atoms with Gasteiger partial charge in [0.25, 0.3) is 0 Å². The molecule has 0 radical (unpaired) electrons. The number of urea groups is 1. The van der Waals surface area contributed by atoms with Crippen molar-refractivity contribution >= 4 is 12.0 Å². The number of hydrogen-bond donors (Lipinski definition) is 3. The lowest BCUT2D eigenvalue weighted by molar-refractivity contribution is 0.0696. The topological polar surface area (TPSA) is 78.4 Å². The monoisotopic (exact) mass is 292 g/mol. The van der Waals surface area contributed by atoms with Crippen LogP contribution in [0.1, 0.15) is 48.5 Å². The molecule has 0 spiro atoms. The molecular weight excluding hydrogens is 268 g/mol. The number of benzene rings is 1. The molecule has 0 aliphatic carbocycles. The predicted octanol–water partition coefficient (Wildman–Crippen LogP) is 2.81. The third-order valence-electron chi connectivity index (χ3n) is 3.19. The van der Waals surface area contributed by atoms with E-state index in [1.54, 1.807) is 18.2 Å². The van der Waals surface area contributed by atoms with E-state index >= 15 is 0 Å². The van der Waals surface area contributed by atoms with E-state index in [0.717, 1.165) is 18.4 Å². The number of carbonyl (C=O) groups excluding carboxylic acids is 1. The van der Waals surface area contributed by atoms with Gasteiger partial charge in [0.15, 0.2) is 0 Å². The summed E-state index contributed by atoms with van der Waals surface area (Å²) < 4.78 is 0. The second-order valence-electron chi connectivity index (χ2n) is 5.00. The van der Waals surface area contributed by atoms with Gasteiger partial charge in [0, 0.05) is 13.1 Å². The Bertz CT molecular complexity index is 461. The van der Waals surface area contributed by atoms with Crippen LogP contribution >= 0.6 is 0 Å². The minimum Gasteiger partial charge on any atom is -0.478 e. The summed E-state index contributed by atoms with van der Waals surface area (Å²) in [5, 5.41) is 14.5. The highest BCUT2D eigenvalue weighted by Crippen LogP contribution is 2.05. The first-order valence-corrected chi connectivity index (χ1v) is 7.47. The van der Waals surface area contributed by atoms with Crippen LogP contribution in [-0.4, -0.2) is 30.2 Å². The maximum absolute atomic E-state index is 11.5. The fraction of sp³-hybridized carbons (Fsp3) is 0.500. The van der Waals surface area contributed by atoms with Crippen LogP contribution in [0.2, 0.25) is 0 Å². The van der Waals surface area contributed by atoms with E-state index in [1.165, 1.54) is 12.8 Å². The molecule has 0 saturated carbocycles. The number of carboxylic acid groups (broad SMARTS) is 1. The third-order valence-corrected chi connectivity index (χ3v) is 3.19. The lowest BCUT2D eigenvalue weighted by atomic mass is 10.1. The molecule has 21 heavy (non-hydrogen) atoms. The third kappa shape index (κ3) is 7.34. The van der Waals surface area contributed by atoms with Crippen molar-refractivity contribution < 1.29 is 14.7 Å². The van der Waals surface area contributed by atoms with Crippen molar-refractivity contribution in [3.05, 3.63) is 35.4 Å². The van der Waals surface area contributed by atoms with Gasteiger partial charge < -0.3 is 15.7 Å². The quantitative estimate of drug-likeness (QED) is 0.612. The molecule has 5 heteroatoms. The summed E-state index contributed by atoms with van der Waals surface area (Å²) in [6.07, 6.45) is 5.13. The van der Waals surface area contributed by atoms with Crippen molar-refractivity contribution in [1.29, 1.82) is 0 Å². The molecule has 116 valence electrons. The maximum Gasteiger partial charge on any atom is 0.335 e. The molecule has 0 fully saturated rings. The van der Waals surface area contributed by atoms with Gasteiger partial charge in [-0.05, 0) is 30.5 Å². The van der Waals surface area contributed by atoms with Crippen LogP contribution in [0.5, 0.6) is 0 Å². The Balaban J connectivity index is 2.19. The van der Waals surface area contributed by atoms with Crippen LogP contribution in [0, 0.1) is 0 Å². The summed E-state index contributed by atoms with van der Waals surface area (Å²) in [7, 11) is 0. The van der Waals surface area contributed by atoms with Gasteiger partial charge >= 0.3 is 12.0 Å². The van der Waals surface area contributed by atoms with E-state index < -0.39 is 5.97 Å². The smallest absolute Gasteiger partial charge is 0.335 e. The number of amides is 2. The minimum absolute atomic E-state index is 0.166. The minimum atomic E-state index is -0.936. The first kappa shape index (κ1) is 17.0. The van der Waals surface area contributed by atoms with Crippen molar-refractivity contribution in [2.75, 3.05) is 13.1 Å². The summed E-state index contributed by atoms with van der Waals surface area (Å²) in [6, 6.07) is 6.60. The van der Waals surface area contributed by atoms with Gasteiger partial charge in [-0.15, -0.1) is 0 Å². The number of carboxylic acids is 1. The molecule has 1 aromatic rings. The molecule has 0 heterocycles. The number of aromatic carboxylic acids is 1. The molecule has 0 aromatic heterocycles. The van der Waals surface area contributed by atoms with Crippen LogP contribution in [0.15, 0.2) is 24.3 Å². The zero-order chi connectivity index (χ0) is 15.5. The number of nitrogens with one attached hydrogen (secondary N) is 2. The predicted molar refractivity (Wildman–Crippen MR) is 82.6 cm³/mol. The summed E-state index contributed by atoms with van der Waals surface area (Å²) in [5.41, 5.74) is 1.17. The van der Waals surface area contributed by atoms with Crippen LogP contribution in [0.3, 0.4) is 0 Å². The Labute approximate surface area is 125 Å². The average Bonchev–Trinajstić information content (AvgIpc) is 2.47. The SMILES string of the molecule is CCCCCCNC(=O)NCCc1cccc(C(=O)O)c1. The molecule has 3 N–H and O–H groups in total. The lowest BCUT2D eigenvalue weighted by Gasteiger charge is -2.08. The van der Waals surface area contributed by atoms with E-state index in [0.29, 0.717) is 19.5 Å². The molecule has 0 bridgehead atoms. The van der Waals surface area contributed by atoms with Crippen molar-refractivity contribution in [1.82, 2.24) is 10.6 Å². The number of rotatable bonds is 9. The van der Waals surface area contributed by atoms with Gasteiger partial charge in [-0.1, -0.05) is 38.3 Å². The van der Waals surface area contributed by atoms with E-state index in [-0.39, 0.29) is 11.6 Å². The second-order valence-corrected chi connectivity index (χ2v) is 5.00. The van der Waals surface area contributed by atoms with Gasteiger partial charge in [0.05, 0.1) is 5.56 Å². The zero-order valence-corrected chi connectivity index (χ0v) is 12.5. The van der Waals surface area contributed by atoms with E-state index in [4.69, 9.17) is 5.11 Å². The normalized spacial score (nSPS) is 10.1. The number of hydrogen-bond acceptors (Lipinski definition) is 2. The molecule has 0 atom stereocenters. The van der Waals surface area contributed by atoms with E-state index in [9.17, 15) is 9.59 Å². The van der Waals surface area contributed by atoms with Crippen LogP contribution < -0.4 is 10.6 Å². The molecular formula is C16H24N2O3. The number of carbonyl (C=O) groups is 2. The molecule has 0 saturated heterocycles. The Morgan fingerprint density at radius 3 is 2.57 bits per heavy atom. The first-order valence-electron chi connectivity index (χ1n) is 7.47. The van der Waals surface area contributed by atoms with Crippen molar-refractivity contribution in [2.24, 2.45) is 0 Å². The molecule has 0 aliphatic rings. The molecule has 1 rings (SSSR count). The van der Waals surface area contributed by atoms with Crippen LogP contribution in [-0.2, 0) is 6.42 Å². The number of unbranched alkanes of at least 4 members (excludes halogenated alkanes) is 3. The molecule has 5 nitrogen and oxygen atoms in total. The highest BCUT2D eigenvalue weighted by molar-refractivity contribution is 5.87. The van der Waals surface area contributed by atoms with Crippen LogP contribution in [0.4, 0.5) is 4.79 Å². The van der Waals surface area contributed by atoms with Gasteiger partial charge in [0.2, 0.25) is 0 Å².